The molecule has 0 aliphatic carbocycles. The lowest BCUT2D eigenvalue weighted by Gasteiger charge is -2.26. The van der Waals surface area contributed by atoms with Crippen molar-refractivity contribution in [3.8, 4) is 0 Å². The highest BCUT2D eigenvalue weighted by Gasteiger charge is 2.40. The number of hydrogen-bond acceptors (Lipinski definition) is 5. The lowest BCUT2D eigenvalue weighted by Crippen LogP contribution is -2.39. The van der Waals surface area contributed by atoms with Crippen LogP contribution in [0, 0.1) is 0 Å². The third kappa shape index (κ3) is 2.90. The van der Waals surface area contributed by atoms with Gasteiger partial charge in [-0.25, -0.2) is 0 Å². The molecule has 0 saturated carbocycles. The molecule has 2 rings (SSSR count). The molecular weight excluding hydrogens is 196 g/mol. The van der Waals surface area contributed by atoms with Gasteiger partial charge in [0.05, 0.1) is 20.3 Å². The molecule has 0 N–H and O–H groups in total. The van der Waals surface area contributed by atoms with E-state index in [1.807, 2.05) is 0 Å². The molecule has 0 amide bonds. The summed E-state index contributed by atoms with van der Waals surface area (Å²) in [7, 11) is 1.45. The van der Waals surface area contributed by atoms with Gasteiger partial charge < -0.3 is 9.47 Å². The minimum atomic E-state index is -0.100. The molecule has 5 nitrogen and oxygen atoms in total. The molecule has 0 radical (unpaired) electrons. The van der Waals surface area contributed by atoms with Gasteiger partial charge in [0, 0.05) is 32.7 Å². The summed E-state index contributed by atoms with van der Waals surface area (Å²) < 4.78 is 9.95. The first kappa shape index (κ1) is 10.9. The van der Waals surface area contributed by atoms with E-state index in [0.717, 1.165) is 45.9 Å². The van der Waals surface area contributed by atoms with Crippen LogP contribution in [0.25, 0.3) is 0 Å². The van der Waals surface area contributed by atoms with Crippen molar-refractivity contribution in [1.29, 1.82) is 0 Å². The zero-order chi connectivity index (χ0) is 10.7. The number of morpholine rings is 1. The Morgan fingerprint density at radius 1 is 1.40 bits per heavy atom. The summed E-state index contributed by atoms with van der Waals surface area (Å²) in [4.78, 5) is 15.6. The van der Waals surface area contributed by atoms with Gasteiger partial charge in [-0.15, -0.1) is 0 Å². The second kappa shape index (κ2) is 4.92. The maximum absolute atomic E-state index is 11.1. The normalized spacial score (nSPS) is 31.3. The molecule has 2 unspecified atom stereocenters. The molecule has 0 aromatic rings. The van der Waals surface area contributed by atoms with E-state index in [2.05, 4.69) is 14.5 Å². The topological polar surface area (TPSA) is 41.8 Å². The third-order valence-corrected chi connectivity index (χ3v) is 3.00. The minimum absolute atomic E-state index is 0.0241. The van der Waals surface area contributed by atoms with E-state index >= 15 is 0 Å². The second-order valence-corrected chi connectivity index (χ2v) is 3.99. The Bertz CT molecular complexity index is 229. The fraction of sp³-hybridized carbons (Fsp3) is 0.900. The van der Waals surface area contributed by atoms with Crippen molar-refractivity contribution >= 4 is 5.97 Å². The van der Waals surface area contributed by atoms with Crippen LogP contribution in [0.15, 0.2) is 0 Å². The molecule has 5 heteroatoms. The zero-order valence-electron chi connectivity index (χ0n) is 9.15. The molecule has 0 spiro atoms. The molecule has 2 atom stereocenters. The van der Waals surface area contributed by atoms with Crippen LogP contribution >= 0.6 is 0 Å². The lowest BCUT2D eigenvalue weighted by atomic mass is 10.4. The van der Waals surface area contributed by atoms with Crippen molar-refractivity contribution < 1.29 is 14.3 Å². The standard InChI is InChI=1S/C10H18N2O3/c1-14-10(13)9-8-12(9)3-2-11-4-6-15-7-5-11/h9H,2-8H2,1H3. The van der Waals surface area contributed by atoms with Crippen molar-refractivity contribution in [1.82, 2.24) is 9.80 Å². The molecule has 0 aromatic heterocycles. The first-order chi connectivity index (χ1) is 7.31. The Hall–Kier alpha value is -0.650. The number of hydrogen-bond donors (Lipinski definition) is 0. The lowest BCUT2D eigenvalue weighted by molar-refractivity contribution is -0.140. The number of carbonyl (C=O) groups excluding carboxylic acids is 1. The molecule has 2 aliphatic heterocycles. The number of methoxy groups -OCH3 is 1. The second-order valence-electron chi connectivity index (χ2n) is 3.99. The first-order valence-electron chi connectivity index (χ1n) is 5.43. The summed E-state index contributed by atoms with van der Waals surface area (Å²) >= 11 is 0. The summed E-state index contributed by atoms with van der Waals surface area (Å²) in [5.41, 5.74) is 0. The zero-order valence-corrected chi connectivity index (χ0v) is 9.15. The molecule has 2 saturated heterocycles. The van der Waals surface area contributed by atoms with Crippen LogP contribution in [-0.4, -0.2) is 74.9 Å². The summed E-state index contributed by atoms with van der Waals surface area (Å²) in [6.45, 7) is 6.53. The van der Waals surface area contributed by atoms with Crippen LogP contribution < -0.4 is 0 Å². The Labute approximate surface area is 89.9 Å². The Kier molecular flexibility index (Phi) is 3.56. The molecule has 15 heavy (non-hydrogen) atoms. The quantitative estimate of drug-likeness (QED) is 0.451. The Balaban J connectivity index is 1.61. The van der Waals surface area contributed by atoms with E-state index in [-0.39, 0.29) is 12.0 Å². The van der Waals surface area contributed by atoms with Crippen LogP contribution in [0.2, 0.25) is 0 Å². The number of carbonyl (C=O) groups is 1. The minimum Gasteiger partial charge on any atom is -0.468 e. The fourth-order valence-corrected chi connectivity index (χ4v) is 1.88. The number of rotatable bonds is 4. The monoisotopic (exact) mass is 214 g/mol. The average molecular weight is 214 g/mol. The smallest absolute Gasteiger partial charge is 0.324 e. The molecule has 86 valence electrons. The van der Waals surface area contributed by atoms with Crippen molar-refractivity contribution in [2.75, 3.05) is 53.0 Å². The van der Waals surface area contributed by atoms with E-state index in [9.17, 15) is 4.79 Å². The third-order valence-electron chi connectivity index (χ3n) is 3.00. The number of nitrogens with zero attached hydrogens (tertiary/aromatic N) is 2. The average Bonchev–Trinajstić information content (AvgIpc) is 3.06. The van der Waals surface area contributed by atoms with Crippen LogP contribution in [-0.2, 0) is 14.3 Å². The van der Waals surface area contributed by atoms with E-state index in [1.165, 1.54) is 7.11 Å². The van der Waals surface area contributed by atoms with Gasteiger partial charge in [-0.3, -0.25) is 14.6 Å². The van der Waals surface area contributed by atoms with Crippen LogP contribution in [0.4, 0.5) is 0 Å². The van der Waals surface area contributed by atoms with Crippen LogP contribution in [0.5, 0.6) is 0 Å². The SMILES string of the molecule is COC(=O)C1CN1CCN1CCOCC1. The predicted molar refractivity (Wildman–Crippen MR) is 54.6 cm³/mol. The highest BCUT2D eigenvalue weighted by atomic mass is 16.5. The van der Waals surface area contributed by atoms with Crippen molar-refractivity contribution in [2.24, 2.45) is 0 Å². The van der Waals surface area contributed by atoms with Gasteiger partial charge in [-0.05, 0) is 0 Å². The Morgan fingerprint density at radius 2 is 2.13 bits per heavy atom. The molecule has 2 aliphatic rings. The Morgan fingerprint density at radius 3 is 2.80 bits per heavy atom. The summed E-state index contributed by atoms with van der Waals surface area (Å²) in [6, 6.07) is 0.0241. The van der Waals surface area contributed by atoms with E-state index in [1.54, 1.807) is 0 Å². The van der Waals surface area contributed by atoms with Crippen LogP contribution in [0.1, 0.15) is 0 Å². The number of esters is 1. The molecule has 2 heterocycles. The van der Waals surface area contributed by atoms with E-state index < -0.39 is 0 Å². The van der Waals surface area contributed by atoms with E-state index in [0.29, 0.717) is 0 Å². The van der Waals surface area contributed by atoms with Gasteiger partial charge in [0.2, 0.25) is 0 Å². The van der Waals surface area contributed by atoms with Gasteiger partial charge in [-0.2, -0.15) is 0 Å². The maximum Gasteiger partial charge on any atom is 0.324 e. The molecule has 0 aromatic carbocycles. The number of ether oxygens (including phenoxy) is 2. The fourth-order valence-electron chi connectivity index (χ4n) is 1.88. The van der Waals surface area contributed by atoms with Gasteiger partial charge >= 0.3 is 5.97 Å². The highest BCUT2D eigenvalue weighted by molar-refractivity contribution is 5.78. The summed E-state index contributed by atoms with van der Waals surface area (Å²) in [6.07, 6.45) is 0. The molecular formula is C10H18N2O3. The largest absolute Gasteiger partial charge is 0.468 e. The van der Waals surface area contributed by atoms with Crippen LogP contribution in [0.3, 0.4) is 0 Å². The van der Waals surface area contributed by atoms with Gasteiger partial charge in [0.25, 0.3) is 0 Å². The molecule has 2 fully saturated rings. The van der Waals surface area contributed by atoms with Crippen molar-refractivity contribution in [2.45, 2.75) is 6.04 Å². The van der Waals surface area contributed by atoms with Gasteiger partial charge in [-0.1, -0.05) is 0 Å². The highest BCUT2D eigenvalue weighted by Crippen LogP contribution is 2.17. The summed E-state index contributed by atoms with van der Waals surface area (Å²) in [5, 5.41) is 0. The summed E-state index contributed by atoms with van der Waals surface area (Å²) in [5.74, 6) is -0.100. The maximum atomic E-state index is 11.1. The predicted octanol–water partition coefficient (Wildman–Crippen LogP) is -0.824. The van der Waals surface area contributed by atoms with Gasteiger partial charge in [0.15, 0.2) is 0 Å². The molecule has 0 bridgehead atoms. The van der Waals surface area contributed by atoms with E-state index in [4.69, 9.17) is 4.74 Å². The van der Waals surface area contributed by atoms with Crippen molar-refractivity contribution in [3.05, 3.63) is 0 Å². The first-order valence-corrected chi connectivity index (χ1v) is 5.43. The van der Waals surface area contributed by atoms with Gasteiger partial charge in [0.1, 0.15) is 6.04 Å². The van der Waals surface area contributed by atoms with Crippen molar-refractivity contribution in [3.63, 3.8) is 0 Å².